The van der Waals surface area contributed by atoms with E-state index in [1.165, 1.54) is 6.07 Å². The standard InChI is InChI=1S/C17H24F3NO2/c18-17(19,20)12-7-5-3-1-2-4-6-9-13-10-8-11-14(15(13)21)16(22)23/h8,10-11H,1-7,9,12,21H2,(H,22,23). The first-order valence-electron chi connectivity index (χ1n) is 7.98. The van der Waals surface area contributed by atoms with Crippen LogP contribution in [0, 0.1) is 0 Å². The molecule has 0 bridgehead atoms. The molecule has 0 aliphatic rings. The molecule has 0 spiro atoms. The number of alkyl halides is 3. The smallest absolute Gasteiger partial charge is 0.389 e. The molecule has 0 aliphatic carbocycles. The van der Waals surface area contributed by atoms with Crippen LogP contribution in [0.4, 0.5) is 18.9 Å². The minimum atomic E-state index is -4.04. The number of carbonyl (C=O) groups is 1. The maximum atomic E-state index is 12.0. The number of rotatable bonds is 10. The second-order valence-electron chi connectivity index (χ2n) is 5.77. The average Bonchev–Trinajstić information content (AvgIpc) is 2.45. The van der Waals surface area contributed by atoms with Gasteiger partial charge in [0.05, 0.1) is 5.56 Å². The van der Waals surface area contributed by atoms with Crippen molar-refractivity contribution >= 4 is 11.7 Å². The minimum absolute atomic E-state index is 0.132. The minimum Gasteiger partial charge on any atom is -0.478 e. The van der Waals surface area contributed by atoms with Crippen LogP contribution < -0.4 is 5.73 Å². The Bertz CT molecular complexity index is 501. The number of halogens is 3. The van der Waals surface area contributed by atoms with Crippen molar-refractivity contribution in [1.29, 1.82) is 0 Å². The lowest BCUT2D eigenvalue weighted by Gasteiger charge is -2.08. The van der Waals surface area contributed by atoms with Gasteiger partial charge < -0.3 is 10.8 Å². The van der Waals surface area contributed by atoms with Crippen molar-refractivity contribution in [3.63, 3.8) is 0 Å². The van der Waals surface area contributed by atoms with Crippen LogP contribution in [0.3, 0.4) is 0 Å². The molecule has 0 saturated carbocycles. The molecule has 6 heteroatoms. The molecule has 3 N–H and O–H groups in total. The third kappa shape index (κ3) is 7.90. The predicted molar refractivity (Wildman–Crippen MR) is 84.5 cm³/mol. The Kier molecular flexibility index (Phi) is 7.92. The first kappa shape index (κ1) is 19.3. The number of hydrogen-bond acceptors (Lipinski definition) is 2. The van der Waals surface area contributed by atoms with Crippen molar-refractivity contribution in [1.82, 2.24) is 0 Å². The maximum absolute atomic E-state index is 12.0. The van der Waals surface area contributed by atoms with E-state index in [4.69, 9.17) is 10.8 Å². The fourth-order valence-corrected chi connectivity index (χ4v) is 2.54. The number of carboxylic acids is 1. The van der Waals surface area contributed by atoms with Crippen molar-refractivity contribution in [3.05, 3.63) is 29.3 Å². The number of aromatic carboxylic acids is 1. The molecule has 0 saturated heterocycles. The Morgan fingerprint density at radius 1 is 1.00 bits per heavy atom. The zero-order valence-electron chi connectivity index (χ0n) is 13.2. The Morgan fingerprint density at radius 2 is 1.57 bits per heavy atom. The van der Waals surface area contributed by atoms with E-state index < -0.39 is 18.6 Å². The van der Waals surface area contributed by atoms with Crippen molar-refractivity contribution in [2.75, 3.05) is 5.73 Å². The number of aryl methyl sites for hydroxylation is 1. The van der Waals surface area contributed by atoms with Gasteiger partial charge in [0.25, 0.3) is 0 Å². The average molecular weight is 331 g/mol. The molecule has 0 unspecified atom stereocenters. The lowest BCUT2D eigenvalue weighted by molar-refractivity contribution is -0.135. The molecular formula is C17H24F3NO2. The number of nitrogens with two attached hydrogens (primary N) is 1. The molecule has 23 heavy (non-hydrogen) atoms. The van der Waals surface area contributed by atoms with Crippen molar-refractivity contribution in [2.24, 2.45) is 0 Å². The number of carboxylic acid groups (broad SMARTS) is 1. The highest BCUT2D eigenvalue weighted by molar-refractivity contribution is 5.94. The highest BCUT2D eigenvalue weighted by Crippen LogP contribution is 2.23. The fraction of sp³-hybridized carbons (Fsp3) is 0.588. The van der Waals surface area contributed by atoms with Crippen molar-refractivity contribution in [2.45, 2.75) is 64.0 Å². The quantitative estimate of drug-likeness (QED) is 0.458. The van der Waals surface area contributed by atoms with Crippen LogP contribution in [-0.2, 0) is 6.42 Å². The van der Waals surface area contributed by atoms with Crippen LogP contribution in [0.15, 0.2) is 18.2 Å². The van der Waals surface area contributed by atoms with Crippen LogP contribution in [0.25, 0.3) is 0 Å². The van der Waals surface area contributed by atoms with Crippen molar-refractivity contribution in [3.8, 4) is 0 Å². The van der Waals surface area contributed by atoms with Gasteiger partial charge in [0.15, 0.2) is 0 Å². The zero-order chi connectivity index (χ0) is 17.3. The van der Waals surface area contributed by atoms with E-state index in [-0.39, 0.29) is 12.0 Å². The number of anilines is 1. The van der Waals surface area contributed by atoms with Gasteiger partial charge in [-0.25, -0.2) is 4.79 Å². The van der Waals surface area contributed by atoms with Gasteiger partial charge >= 0.3 is 12.1 Å². The van der Waals surface area contributed by atoms with Gasteiger partial charge in [0.2, 0.25) is 0 Å². The summed E-state index contributed by atoms with van der Waals surface area (Å²) in [4.78, 5) is 11.0. The lowest BCUT2D eigenvalue weighted by Crippen LogP contribution is -2.06. The number of nitrogen functional groups attached to an aromatic ring is 1. The van der Waals surface area contributed by atoms with Crippen LogP contribution in [0.2, 0.25) is 0 Å². The van der Waals surface area contributed by atoms with Gasteiger partial charge in [0.1, 0.15) is 0 Å². The van der Waals surface area contributed by atoms with Crippen LogP contribution in [-0.4, -0.2) is 17.3 Å². The summed E-state index contributed by atoms with van der Waals surface area (Å²) in [6, 6.07) is 5.01. The SMILES string of the molecule is Nc1c(CCCCCCCCCC(F)(F)F)cccc1C(=O)O. The Hall–Kier alpha value is -1.72. The summed E-state index contributed by atoms with van der Waals surface area (Å²) in [6.07, 6.45) is 1.43. The van der Waals surface area contributed by atoms with Gasteiger partial charge in [-0.15, -0.1) is 0 Å². The molecule has 0 atom stereocenters. The summed E-state index contributed by atoms with van der Waals surface area (Å²) < 4.78 is 35.9. The first-order valence-corrected chi connectivity index (χ1v) is 7.98. The van der Waals surface area contributed by atoms with E-state index >= 15 is 0 Å². The normalized spacial score (nSPS) is 11.6. The number of para-hydroxylation sites is 1. The highest BCUT2D eigenvalue weighted by Gasteiger charge is 2.25. The number of benzene rings is 1. The Balaban J connectivity index is 2.14. The molecule has 0 aliphatic heterocycles. The predicted octanol–water partition coefficient (Wildman–Crippen LogP) is 5.19. The van der Waals surface area contributed by atoms with Gasteiger partial charge in [-0.3, -0.25) is 0 Å². The molecule has 1 aromatic carbocycles. The molecule has 0 amide bonds. The van der Waals surface area contributed by atoms with E-state index in [2.05, 4.69) is 0 Å². The maximum Gasteiger partial charge on any atom is 0.389 e. The second kappa shape index (κ2) is 9.43. The largest absolute Gasteiger partial charge is 0.478 e. The van der Waals surface area contributed by atoms with Crippen LogP contribution in [0.5, 0.6) is 0 Å². The summed E-state index contributed by atoms with van der Waals surface area (Å²) >= 11 is 0. The van der Waals surface area contributed by atoms with Crippen LogP contribution >= 0.6 is 0 Å². The zero-order valence-corrected chi connectivity index (χ0v) is 13.2. The summed E-state index contributed by atoms with van der Waals surface area (Å²) in [5.74, 6) is -1.02. The molecule has 3 nitrogen and oxygen atoms in total. The van der Waals surface area contributed by atoms with Crippen molar-refractivity contribution < 1.29 is 23.1 Å². The highest BCUT2D eigenvalue weighted by atomic mass is 19.4. The summed E-state index contributed by atoms with van der Waals surface area (Å²) in [5, 5.41) is 9.00. The Morgan fingerprint density at radius 3 is 2.13 bits per heavy atom. The van der Waals surface area contributed by atoms with E-state index in [0.29, 0.717) is 12.1 Å². The molecule has 0 aromatic heterocycles. The Labute approximate surface area is 134 Å². The topological polar surface area (TPSA) is 63.3 Å². The first-order chi connectivity index (χ1) is 10.8. The summed E-state index contributed by atoms with van der Waals surface area (Å²) in [6.45, 7) is 0. The van der Waals surface area contributed by atoms with E-state index in [0.717, 1.165) is 44.1 Å². The van der Waals surface area contributed by atoms with E-state index in [9.17, 15) is 18.0 Å². The van der Waals surface area contributed by atoms with Gasteiger partial charge in [-0.2, -0.15) is 13.2 Å². The molecular weight excluding hydrogens is 307 g/mol. The monoisotopic (exact) mass is 331 g/mol. The summed E-state index contributed by atoms with van der Waals surface area (Å²) in [7, 11) is 0. The lowest BCUT2D eigenvalue weighted by atomic mass is 10.0. The number of hydrogen-bond donors (Lipinski definition) is 2. The van der Waals surface area contributed by atoms with Crippen LogP contribution in [0.1, 0.15) is 67.3 Å². The molecule has 0 fully saturated rings. The molecule has 130 valence electrons. The molecule has 1 aromatic rings. The van der Waals surface area contributed by atoms with Gasteiger partial charge in [0, 0.05) is 12.1 Å². The molecule has 1 rings (SSSR count). The fourth-order valence-electron chi connectivity index (χ4n) is 2.54. The third-order valence-electron chi connectivity index (χ3n) is 3.83. The molecule has 0 heterocycles. The second-order valence-corrected chi connectivity index (χ2v) is 5.77. The van der Waals surface area contributed by atoms with Gasteiger partial charge in [-0.05, 0) is 30.9 Å². The summed E-state index contributed by atoms with van der Waals surface area (Å²) in [5.41, 5.74) is 7.14. The third-order valence-corrected chi connectivity index (χ3v) is 3.83. The van der Waals surface area contributed by atoms with E-state index in [1.807, 2.05) is 6.07 Å². The number of unbranched alkanes of at least 4 members (excludes halogenated alkanes) is 6. The molecule has 0 radical (unpaired) electrons. The van der Waals surface area contributed by atoms with Gasteiger partial charge in [-0.1, -0.05) is 44.2 Å². The van der Waals surface area contributed by atoms with E-state index in [1.54, 1.807) is 6.07 Å².